The summed E-state index contributed by atoms with van der Waals surface area (Å²) in [5.74, 6) is -1.78. The van der Waals surface area contributed by atoms with Gasteiger partial charge < -0.3 is 15.5 Å². The van der Waals surface area contributed by atoms with Gasteiger partial charge in [0.25, 0.3) is 0 Å². The van der Waals surface area contributed by atoms with Gasteiger partial charge in [0.15, 0.2) is 0 Å². The Hall–Kier alpha value is -1.97. The minimum atomic E-state index is -4.10. The standard InChI is InChI=1S/C12H16N2O6S/c1-7-5-9(13-8(2)16)3-4-11(7)21(19,20)14-10(6-15)12(17)18/h3-5,10,14-15H,6H2,1-2H3,(H,13,16)(H,17,18)/t10-/m0/s1. The van der Waals surface area contributed by atoms with Crippen molar-refractivity contribution in [3.63, 3.8) is 0 Å². The number of aliphatic hydroxyl groups is 1. The highest BCUT2D eigenvalue weighted by Crippen LogP contribution is 2.19. The van der Waals surface area contributed by atoms with E-state index in [0.29, 0.717) is 11.3 Å². The first kappa shape index (κ1) is 17.1. The van der Waals surface area contributed by atoms with Gasteiger partial charge in [-0.3, -0.25) is 9.59 Å². The molecule has 8 nitrogen and oxygen atoms in total. The molecule has 9 heteroatoms. The van der Waals surface area contributed by atoms with Crippen molar-refractivity contribution in [2.75, 3.05) is 11.9 Å². The van der Waals surface area contributed by atoms with Crippen molar-refractivity contribution >= 4 is 27.6 Å². The topological polar surface area (TPSA) is 133 Å². The van der Waals surface area contributed by atoms with Crippen molar-refractivity contribution < 1.29 is 28.2 Å². The molecule has 21 heavy (non-hydrogen) atoms. The molecule has 0 aliphatic carbocycles. The van der Waals surface area contributed by atoms with Gasteiger partial charge in [-0.1, -0.05) is 0 Å². The monoisotopic (exact) mass is 316 g/mol. The van der Waals surface area contributed by atoms with E-state index in [1.807, 2.05) is 4.72 Å². The minimum absolute atomic E-state index is 0.128. The van der Waals surface area contributed by atoms with E-state index in [4.69, 9.17) is 10.2 Å². The van der Waals surface area contributed by atoms with Gasteiger partial charge in [-0.25, -0.2) is 8.42 Å². The third kappa shape index (κ3) is 4.52. The number of nitrogens with one attached hydrogen (secondary N) is 2. The number of carboxylic acid groups (broad SMARTS) is 1. The van der Waals surface area contributed by atoms with Gasteiger partial charge in [0.05, 0.1) is 11.5 Å². The van der Waals surface area contributed by atoms with Crippen LogP contribution in [-0.2, 0) is 19.6 Å². The van der Waals surface area contributed by atoms with Crippen LogP contribution in [0, 0.1) is 6.92 Å². The summed E-state index contributed by atoms with van der Waals surface area (Å²) in [6.45, 7) is 1.96. The summed E-state index contributed by atoms with van der Waals surface area (Å²) in [6, 6.07) is 2.46. The summed E-state index contributed by atoms with van der Waals surface area (Å²) in [6.07, 6.45) is 0. The number of rotatable bonds is 6. The molecule has 1 aromatic carbocycles. The van der Waals surface area contributed by atoms with Gasteiger partial charge in [0.1, 0.15) is 6.04 Å². The van der Waals surface area contributed by atoms with E-state index in [1.54, 1.807) is 0 Å². The number of carboxylic acids is 1. The molecule has 4 N–H and O–H groups in total. The second kappa shape index (κ2) is 6.66. The third-order valence-corrected chi connectivity index (χ3v) is 4.19. The van der Waals surface area contributed by atoms with E-state index in [9.17, 15) is 18.0 Å². The van der Waals surface area contributed by atoms with Crippen LogP contribution in [0.4, 0.5) is 5.69 Å². The van der Waals surface area contributed by atoms with E-state index in [-0.39, 0.29) is 10.8 Å². The van der Waals surface area contributed by atoms with E-state index < -0.39 is 28.6 Å². The molecule has 1 aromatic rings. The Morgan fingerprint density at radius 3 is 2.38 bits per heavy atom. The Morgan fingerprint density at radius 1 is 1.33 bits per heavy atom. The van der Waals surface area contributed by atoms with Crippen molar-refractivity contribution in [1.82, 2.24) is 4.72 Å². The van der Waals surface area contributed by atoms with Crippen LogP contribution in [0.3, 0.4) is 0 Å². The number of benzene rings is 1. The first-order chi connectivity index (χ1) is 9.67. The van der Waals surface area contributed by atoms with Crippen LogP contribution in [0.15, 0.2) is 23.1 Å². The van der Waals surface area contributed by atoms with Crippen LogP contribution in [0.5, 0.6) is 0 Å². The van der Waals surface area contributed by atoms with Gasteiger partial charge in [-0.05, 0) is 30.7 Å². The van der Waals surface area contributed by atoms with Crippen LogP contribution in [-0.4, -0.2) is 43.2 Å². The van der Waals surface area contributed by atoms with E-state index >= 15 is 0 Å². The molecule has 0 spiro atoms. The Labute approximate surface area is 121 Å². The third-order valence-electron chi connectivity index (χ3n) is 2.56. The van der Waals surface area contributed by atoms with Gasteiger partial charge in [-0.15, -0.1) is 0 Å². The lowest BCUT2D eigenvalue weighted by molar-refractivity contribution is -0.139. The van der Waals surface area contributed by atoms with E-state index in [2.05, 4.69) is 5.32 Å². The summed E-state index contributed by atoms with van der Waals surface area (Å²) in [5.41, 5.74) is 0.756. The quantitative estimate of drug-likeness (QED) is 0.568. The summed E-state index contributed by atoms with van der Waals surface area (Å²) < 4.78 is 26.1. The number of carbonyl (C=O) groups is 2. The fraction of sp³-hybridized carbons (Fsp3) is 0.333. The smallest absolute Gasteiger partial charge is 0.324 e. The zero-order valence-electron chi connectivity index (χ0n) is 11.5. The number of hydrogen-bond donors (Lipinski definition) is 4. The average Bonchev–Trinajstić information content (AvgIpc) is 2.34. The number of carbonyl (C=O) groups excluding carboxylic acids is 1. The molecule has 0 fully saturated rings. The van der Waals surface area contributed by atoms with Crippen molar-refractivity contribution in [3.05, 3.63) is 23.8 Å². The largest absolute Gasteiger partial charge is 0.480 e. The van der Waals surface area contributed by atoms with Gasteiger partial charge in [-0.2, -0.15) is 4.72 Å². The normalized spacial score (nSPS) is 12.7. The predicted molar refractivity (Wildman–Crippen MR) is 74.3 cm³/mol. The summed E-state index contributed by atoms with van der Waals surface area (Å²) >= 11 is 0. The second-order valence-electron chi connectivity index (χ2n) is 4.36. The molecule has 0 saturated carbocycles. The van der Waals surface area contributed by atoms with Crippen LogP contribution in [0.2, 0.25) is 0 Å². The number of amides is 1. The van der Waals surface area contributed by atoms with E-state index in [0.717, 1.165) is 0 Å². The molecule has 0 aromatic heterocycles. The lowest BCUT2D eigenvalue weighted by Crippen LogP contribution is -2.43. The van der Waals surface area contributed by atoms with Crippen LogP contribution >= 0.6 is 0 Å². The number of aryl methyl sites for hydroxylation is 1. The Balaban J connectivity index is 3.09. The number of aliphatic carboxylic acids is 1. The first-order valence-corrected chi connectivity index (χ1v) is 7.40. The molecular formula is C12H16N2O6S. The maximum absolute atomic E-state index is 12.1. The lowest BCUT2D eigenvalue weighted by atomic mass is 10.2. The van der Waals surface area contributed by atoms with Crippen molar-refractivity contribution in [3.8, 4) is 0 Å². The van der Waals surface area contributed by atoms with Gasteiger partial charge in [0, 0.05) is 12.6 Å². The fourth-order valence-electron chi connectivity index (χ4n) is 1.65. The Morgan fingerprint density at radius 2 is 1.95 bits per heavy atom. The Kier molecular flexibility index (Phi) is 5.41. The lowest BCUT2D eigenvalue weighted by Gasteiger charge is -2.14. The molecule has 0 saturated heterocycles. The molecule has 0 aliphatic rings. The molecule has 0 unspecified atom stereocenters. The van der Waals surface area contributed by atoms with Crippen molar-refractivity contribution in [2.45, 2.75) is 24.8 Å². The second-order valence-corrected chi connectivity index (χ2v) is 6.04. The number of sulfonamides is 1. The van der Waals surface area contributed by atoms with Gasteiger partial charge >= 0.3 is 5.97 Å². The van der Waals surface area contributed by atoms with Crippen LogP contribution < -0.4 is 10.0 Å². The first-order valence-electron chi connectivity index (χ1n) is 5.91. The minimum Gasteiger partial charge on any atom is -0.480 e. The predicted octanol–water partition coefficient (Wildman–Crippen LogP) is -0.323. The van der Waals surface area contributed by atoms with Crippen molar-refractivity contribution in [2.24, 2.45) is 0 Å². The van der Waals surface area contributed by atoms with Crippen LogP contribution in [0.25, 0.3) is 0 Å². The Bertz CT molecular complexity index is 656. The molecule has 116 valence electrons. The maximum atomic E-state index is 12.1. The van der Waals surface area contributed by atoms with Crippen LogP contribution in [0.1, 0.15) is 12.5 Å². The number of aliphatic hydroxyl groups excluding tert-OH is 1. The highest BCUT2D eigenvalue weighted by atomic mass is 32.2. The fourth-order valence-corrected chi connectivity index (χ4v) is 3.06. The molecule has 0 heterocycles. The maximum Gasteiger partial charge on any atom is 0.324 e. The van der Waals surface area contributed by atoms with E-state index in [1.165, 1.54) is 32.0 Å². The SMILES string of the molecule is CC(=O)Nc1ccc(S(=O)(=O)N[C@@H](CO)C(=O)O)c(C)c1. The summed E-state index contributed by atoms with van der Waals surface area (Å²) in [4.78, 5) is 21.6. The van der Waals surface area contributed by atoms with Crippen molar-refractivity contribution in [1.29, 1.82) is 0 Å². The zero-order chi connectivity index (χ0) is 16.2. The highest BCUT2D eigenvalue weighted by molar-refractivity contribution is 7.89. The molecule has 0 radical (unpaired) electrons. The molecule has 0 aliphatic heterocycles. The zero-order valence-corrected chi connectivity index (χ0v) is 12.3. The summed E-state index contributed by atoms with van der Waals surface area (Å²) in [7, 11) is -4.10. The highest BCUT2D eigenvalue weighted by Gasteiger charge is 2.25. The molecule has 1 rings (SSSR count). The average molecular weight is 316 g/mol. The molecule has 1 amide bonds. The molecular weight excluding hydrogens is 300 g/mol. The molecule has 0 bridgehead atoms. The number of hydrogen-bond acceptors (Lipinski definition) is 5. The molecule has 1 atom stereocenters. The summed E-state index contributed by atoms with van der Waals surface area (Å²) in [5, 5.41) is 20.1. The number of anilines is 1. The van der Waals surface area contributed by atoms with Gasteiger partial charge in [0.2, 0.25) is 15.9 Å².